The third-order valence-electron chi connectivity index (χ3n) is 1.26. The zero-order chi connectivity index (χ0) is 6.69. The summed E-state index contributed by atoms with van der Waals surface area (Å²) in [6.07, 6.45) is -0.576. The third-order valence-corrected chi connectivity index (χ3v) is 1.26. The van der Waals surface area contributed by atoms with Gasteiger partial charge in [0.25, 0.3) is 0 Å². The molecule has 0 aromatic carbocycles. The molecule has 54 valence electrons. The highest BCUT2D eigenvalue weighted by atomic mass is 16.7. The molecule has 1 fully saturated rings. The first-order chi connectivity index (χ1) is 4.30. The summed E-state index contributed by atoms with van der Waals surface area (Å²) in [5.74, 6) is 0. The van der Waals surface area contributed by atoms with E-state index in [4.69, 9.17) is 20.3 Å². The molecule has 0 radical (unpaired) electrons. The van der Waals surface area contributed by atoms with Crippen LogP contribution < -0.4 is 5.73 Å². The zero-order valence-corrected chi connectivity index (χ0v) is 5.12. The van der Waals surface area contributed by atoms with E-state index in [1.54, 1.807) is 0 Å². The molecular weight excluding hydrogens is 122 g/mol. The van der Waals surface area contributed by atoms with Crippen molar-refractivity contribution in [2.75, 3.05) is 20.0 Å². The van der Waals surface area contributed by atoms with Gasteiger partial charge in [-0.1, -0.05) is 0 Å². The summed E-state index contributed by atoms with van der Waals surface area (Å²) >= 11 is 0. The Kier molecular flexibility index (Phi) is 2.41. The van der Waals surface area contributed by atoms with Crippen LogP contribution in [-0.4, -0.2) is 37.3 Å². The number of hydrogen-bond acceptors (Lipinski definition) is 4. The van der Waals surface area contributed by atoms with E-state index in [1.807, 2.05) is 0 Å². The van der Waals surface area contributed by atoms with E-state index < -0.39 is 6.10 Å². The van der Waals surface area contributed by atoms with Crippen LogP contribution >= 0.6 is 0 Å². The number of nitrogens with two attached hydrogens (primary N) is 1. The lowest BCUT2D eigenvalue weighted by molar-refractivity contribution is -0.0421. The number of aliphatic hydroxyl groups is 1. The van der Waals surface area contributed by atoms with Gasteiger partial charge in [0, 0.05) is 0 Å². The summed E-state index contributed by atoms with van der Waals surface area (Å²) in [5, 5.41) is 9.03. The van der Waals surface area contributed by atoms with Gasteiger partial charge < -0.3 is 20.3 Å². The Morgan fingerprint density at radius 3 is 2.78 bits per heavy atom. The van der Waals surface area contributed by atoms with E-state index in [9.17, 15) is 0 Å². The minimum absolute atomic E-state index is 0.241. The average Bonchev–Trinajstić information content (AvgIpc) is 1.99. The molecule has 0 bridgehead atoms. The first kappa shape index (κ1) is 6.95. The summed E-state index contributed by atoms with van der Waals surface area (Å²) in [4.78, 5) is 0. The zero-order valence-electron chi connectivity index (χ0n) is 5.12. The first-order valence-electron chi connectivity index (χ1n) is 2.90. The van der Waals surface area contributed by atoms with Gasteiger partial charge in [0.1, 0.15) is 6.79 Å². The van der Waals surface area contributed by atoms with Gasteiger partial charge in [-0.2, -0.15) is 0 Å². The van der Waals surface area contributed by atoms with Crippen molar-refractivity contribution in [1.29, 1.82) is 0 Å². The van der Waals surface area contributed by atoms with Gasteiger partial charge in [-0.15, -0.1) is 0 Å². The van der Waals surface area contributed by atoms with Crippen LogP contribution in [0, 0.1) is 0 Å². The molecule has 2 atom stereocenters. The number of ether oxygens (including phenoxy) is 2. The molecule has 1 heterocycles. The summed E-state index contributed by atoms with van der Waals surface area (Å²) in [7, 11) is 0. The Labute approximate surface area is 53.6 Å². The van der Waals surface area contributed by atoms with Crippen molar-refractivity contribution in [1.82, 2.24) is 0 Å². The van der Waals surface area contributed by atoms with Crippen LogP contribution in [0.1, 0.15) is 0 Å². The minimum atomic E-state index is -0.576. The smallest absolute Gasteiger partial charge is 0.146 e. The highest BCUT2D eigenvalue weighted by Gasteiger charge is 2.17. The molecule has 4 heteroatoms. The molecule has 4 nitrogen and oxygen atoms in total. The fourth-order valence-corrected chi connectivity index (χ4v) is 0.647. The van der Waals surface area contributed by atoms with Gasteiger partial charge >= 0.3 is 0 Å². The van der Waals surface area contributed by atoms with Gasteiger partial charge in [0.05, 0.1) is 25.4 Å². The lowest BCUT2D eigenvalue weighted by atomic mass is 10.2. The highest BCUT2D eigenvalue weighted by molar-refractivity contribution is 4.71. The van der Waals surface area contributed by atoms with Crippen molar-refractivity contribution >= 4 is 0 Å². The Morgan fingerprint density at radius 1 is 1.33 bits per heavy atom. The maximum absolute atomic E-state index is 9.03. The topological polar surface area (TPSA) is 64.7 Å². The predicted molar refractivity (Wildman–Crippen MR) is 30.8 cm³/mol. The van der Waals surface area contributed by atoms with Crippen molar-refractivity contribution in [3.8, 4) is 0 Å². The molecule has 0 aliphatic carbocycles. The number of hydrogen-bond donors (Lipinski definition) is 2. The molecule has 1 aliphatic rings. The fraction of sp³-hybridized carbons (Fsp3) is 1.00. The lowest BCUT2D eigenvalue weighted by Crippen LogP contribution is -2.39. The summed E-state index contributed by atoms with van der Waals surface area (Å²) in [6.45, 7) is 0.896. The molecule has 9 heavy (non-hydrogen) atoms. The standard InChI is InChI=1S/C5H11NO3/c6-4-1-8-3-9-2-5(4)7/h4-5,7H,1-3,6H2. The second kappa shape index (κ2) is 3.12. The van der Waals surface area contributed by atoms with E-state index in [0.717, 1.165) is 0 Å². The van der Waals surface area contributed by atoms with Crippen LogP contribution in [0.4, 0.5) is 0 Å². The molecule has 1 aliphatic heterocycles. The Morgan fingerprint density at radius 2 is 2.00 bits per heavy atom. The Hall–Kier alpha value is -0.160. The van der Waals surface area contributed by atoms with Crippen LogP contribution in [0.2, 0.25) is 0 Å². The van der Waals surface area contributed by atoms with E-state index in [2.05, 4.69) is 0 Å². The van der Waals surface area contributed by atoms with Crippen LogP contribution in [0.15, 0.2) is 0 Å². The summed E-state index contributed by atoms with van der Waals surface area (Å²) < 4.78 is 9.69. The maximum Gasteiger partial charge on any atom is 0.146 e. The van der Waals surface area contributed by atoms with Crippen LogP contribution in [0.3, 0.4) is 0 Å². The van der Waals surface area contributed by atoms with E-state index in [-0.39, 0.29) is 19.4 Å². The molecule has 0 amide bonds. The van der Waals surface area contributed by atoms with Crippen molar-refractivity contribution in [3.63, 3.8) is 0 Å². The number of aliphatic hydroxyl groups excluding tert-OH is 1. The lowest BCUT2D eigenvalue weighted by Gasteiger charge is -2.11. The molecule has 0 aromatic heterocycles. The second-order valence-electron chi connectivity index (χ2n) is 2.09. The van der Waals surface area contributed by atoms with Crippen molar-refractivity contribution in [2.45, 2.75) is 12.1 Å². The molecule has 0 aromatic rings. The van der Waals surface area contributed by atoms with Crippen molar-refractivity contribution < 1.29 is 14.6 Å². The van der Waals surface area contributed by atoms with Gasteiger partial charge in [0.15, 0.2) is 0 Å². The maximum atomic E-state index is 9.03. The molecule has 0 saturated carbocycles. The third kappa shape index (κ3) is 1.91. The molecule has 2 unspecified atom stereocenters. The summed E-state index contributed by atoms with van der Waals surface area (Å²) in [5.41, 5.74) is 5.42. The van der Waals surface area contributed by atoms with E-state index in [1.165, 1.54) is 0 Å². The predicted octanol–water partition coefficient (Wildman–Crippen LogP) is -1.32. The molecule has 1 rings (SSSR count). The van der Waals surface area contributed by atoms with Crippen LogP contribution in [-0.2, 0) is 9.47 Å². The molecule has 3 N–H and O–H groups in total. The summed E-state index contributed by atoms with van der Waals surface area (Å²) in [6, 6.07) is -0.299. The largest absolute Gasteiger partial charge is 0.389 e. The second-order valence-corrected chi connectivity index (χ2v) is 2.09. The van der Waals surface area contributed by atoms with Crippen LogP contribution in [0.25, 0.3) is 0 Å². The number of rotatable bonds is 0. The van der Waals surface area contributed by atoms with E-state index >= 15 is 0 Å². The van der Waals surface area contributed by atoms with Gasteiger partial charge in [0.2, 0.25) is 0 Å². The van der Waals surface area contributed by atoms with Crippen molar-refractivity contribution in [3.05, 3.63) is 0 Å². The molecule has 0 spiro atoms. The van der Waals surface area contributed by atoms with Gasteiger partial charge in [-0.25, -0.2) is 0 Å². The quantitative estimate of drug-likeness (QED) is 0.430. The average molecular weight is 133 g/mol. The fourth-order valence-electron chi connectivity index (χ4n) is 0.647. The van der Waals surface area contributed by atoms with Crippen molar-refractivity contribution in [2.24, 2.45) is 5.73 Å². The van der Waals surface area contributed by atoms with Gasteiger partial charge in [-0.05, 0) is 0 Å². The highest BCUT2D eigenvalue weighted by Crippen LogP contribution is 1.97. The normalized spacial score (nSPS) is 38.0. The molecule has 1 saturated heterocycles. The minimum Gasteiger partial charge on any atom is -0.389 e. The Bertz CT molecular complexity index is 78.3. The van der Waals surface area contributed by atoms with Crippen LogP contribution in [0.5, 0.6) is 0 Å². The SMILES string of the molecule is NC1COCOCC1O. The Balaban J connectivity index is 2.32. The molecular formula is C5H11NO3. The van der Waals surface area contributed by atoms with E-state index in [0.29, 0.717) is 6.61 Å². The van der Waals surface area contributed by atoms with Gasteiger partial charge in [-0.3, -0.25) is 0 Å². The monoisotopic (exact) mass is 133 g/mol. The first-order valence-corrected chi connectivity index (χ1v) is 2.90.